The second-order valence-electron chi connectivity index (χ2n) is 7.42. The first kappa shape index (κ1) is 18.4. The van der Waals surface area contributed by atoms with Crippen molar-refractivity contribution in [2.75, 3.05) is 33.4 Å². The third kappa shape index (κ3) is 4.05. The maximum atomic E-state index is 13.4. The molecule has 2 aliphatic heterocycles. The molecule has 0 bridgehead atoms. The van der Waals surface area contributed by atoms with Gasteiger partial charge in [0.15, 0.2) is 0 Å². The summed E-state index contributed by atoms with van der Waals surface area (Å²) in [7, 11) is 1.68. The Labute approximate surface area is 150 Å². The molecule has 2 atom stereocenters. The van der Waals surface area contributed by atoms with Gasteiger partial charge in [-0.05, 0) is 50.8 Å². The van der Waals surface area contributed by atoms with E-state index in [1.807, 2.05) is 35.2 Å². The molecule has 2 N–H and O–H groups in total. The average Bonchev–Trinajstić information content (AvgIpc) is 3.10. The van der Waals surface area contributed by atoms with Crippen LogP contribution in [0.2, 0.25) is 0 Å². The van der Waals surface area contributed by atoms with Gasteiger partial charge in [0.1, 0.15) is 0 Å². The lowest BCUT2D eigenvalue weighted by Crippen LogP contribution is -2.53. The zero-order valence-electron chi connectivity index (χ0n) is 15.1. The van der Waals surface area contributed by atoms with Gasteiger partial charge in [0.2, 0.25) is 5.91 Å². The molecule has 1 aromatic carbocycles. The van der Waals surface area contributed by atoms with Gasteiger partial charge in [-0.2, -0.15) is 0 Å². The summed E-state index contributed by atoms with van der Waals surface area (Å²) in [4.78, 5) is 15.4. The molecule has 2 heterocycles. The lowest BCUT2D eigenvalue weighted by atomic mass is 9.78. The molecule has 25 heavy (non-hydrogen) atoms. The summed E-state index contributed by atoms with van der Waals surface area (Å²) in [6, 6.07) is 9.85. The van der Waals surface area contributed by atoms with E-state index in [1.54, 1.807) is 7.11 Å². The van der Waals surface area contributed by atoms with Crippen molar-refractivity contribution in [3.8, 4) is 0 Å². The summed E-state index contributed by atoms with van der Waals surface area (Å²) >= 11 is 0. The van der Waals surface area contributed by atoms with Gasteiger partial charge in [0, 0.05) is 19.7 Å². The van der Waals surface area contributed by atoms with Crippen LogP contribution in [0.1, 0.15) is 43.8 Å². The maximum Gasteiger partial charge on any atom is 0.231 e. The van der Waals surface area contributed by atoms with Crippen LogP contribution in [0.3, 0.4) is 0 Å². The Kier molecular flexibility index (Phi) is 6.10. The smallest absolute Gasteiger partial charge is 0.231 e. The molecule has 0 spiro atoms. The molecule has 2 saturated heterocycles. The summed E-state index contributed by atoms with van der Waals surface area (Å²) in [6.45, 7) is 3.00. The summed E-state index contributed by atoms with van der Waals surface area (Å²) in [5, 5.41) is 13.9. The number of piperidine rings is 1. The Morgan fingerprint density at radius 2 is 2.08 bits per heavy atom. The van der Waals surface area contributed by atoms with Crippen molar-refractivity contribution in [2.24, 2.45) is 5.41 Å². The molecule has 5 heteroatoms. The van der Waals surface area contributed by atoms with Gasteiger partial charge >= 0.3 is 0 Å². The standard InChI is InChI=1S/C20H30N2O3/c1-25-15-20(9-11-21-12-10-20)19(24)22-13-5-8-17(22)14-18(23)16-6-3-2-4-7-16/h2-4,6-7,17-18,21,23H,5,8-15H2,1H3. The summed E-state index contributed by atoms with van der Waals surface area (Å²) < 4.78 is 5.43. The number of amides is 1. The van der Waals surface area contributed by atoms with Crippen molar-refractivity contribution >= 4 is 5.91 Å². The minimum atomic E-state index is -0.522. The number of methoxy groups -OCH3 is 1. The van der Waals surface area contributed by atoms with E-state index in [-0.39, 0.29) is 11.9 Å². The van der Waals surface area contributed by atoms with Crippen LogP contribution in [0.5, 0.6) is 0 Å². The Bertz CT molecular complexity index is 552. The first-order valence-electron chi connectivity index (χ1n) is 9.40. The molecule has 5 nitrogen and oxygen atoms in total. The van der Waals surface area contributed by atoms with Gasteiger partial charge in [-0.25, -0.2) is 0 Å². The van der Waals surface area contributed by atoms with Gasteiger partial charge in [-0.15, -0.1) is 0 Å². The van der Waals surface area contributed by atoms with Crippen molar-refractivity contribution in [3.63, 3.8) is 0 Å². The molecule has 2 aliphatic rings. The van der Waals surface area contributed by atoms with E-state index < -0.39 is 11.5 Å². The molecule has 3 rings (SSSR count). The number of carbonyl (C=O) groups excluding carboxylic acids is 1. The number of rotatable bonds is 6. The summed E-state index contributed by atoms with van der Waals surface area (Å²) in [5.41, 5.74) is 0.524. The lowest BCUT2D eigenvalue weighted by molar-refractivity contribution is -0.149. The van der Waals surface area contributed by atoms with Gasteiger partial charge in [0.25, 0.3) is 0 Å². The SMILES string of the molecule is COCC1(C(=O)N2CCCC2CC(O)c2ccccc2)CCNCC1. The Hall–Kier alpha value is -1.43. The van der Waals surface area contributed by atoms with E-state index in [0.29, 0.717) is 13.0 Å². The number of aliphatic hydroxyl groups excluding tert-OH is 1. The Balaban J connectivity index is 1.70. The molecular weight excluding hydrogens is 316 g/mol. The number of carbonyl (C=O) groups is 1. The number of benzene rings is 1. The molecular formula is C20H30N2O3. The average molecular weight is 346 g/mol. The molecule has 0 radical (unpaired) electrons. The van der Waals surface area contributed by atoms with Crippen molar-refractivity contribution in [1.82, 2.24) is 10.2 Å². The fourth-order valence-electron chi connectivity index (χ4n) is 4.32. The van der Waals surface area contributed by atoms with Crippen molar-refractivity contribution < 1.29 is 14.6 Å². The highest BCUT2D eigenvalue weighted by Gasteiger charge is 2.45. The number of aliphatic hydroxyl groups is 1. The number of hydrogen-bond acceptors (Lipinski definition) is 4. The fourth-order valence-corrected chi connectivity index (χ4v) is 4.32. The molecule has 1 aromatic rings. The lowest BCUT2D eigenvalue weighted by Gasteiger charge is -2.40. The zero-order valence-corrected chi connectivity index (χ0v) is 15.1. The quantitative estimate of drug-likeness (QED) is 0.828. The second kappa shape index (κ2) is 8.30. The molecule has 1 amide bonds. The van der Waals surface area contributed by atoms with E-state index in [4.69, 9.17) is 4.74 Å². The van der Waals surface area contributed by atoms with Crippen LogP contribution in [0.4, 0.5) is 0 Å². The van der Waals surface area contributed by atoms with Crippen LogP contribution in [0.15, 0.2) is 30.3 Å². The first-order valence-corrected chi connectivity index (χ1v) is 9.40. The van der Waals surface area contributed by atoms with E-state index in [0.717, 1.165) is 50.9 Å². The second-order valence-corrected chi connectivity index (χ2v) is 7.42. The van der Waals surface area contributed by atoms with E-state index in [1.165, 1.54) is 0 Å². The van der Waals surface area contributed by atoms with Crippen LogP contribution in [0.25, 0.3) is 0 Å². The third-order valence-corrected chi connectivity index (χ3v) is 5.75. The maximum absolute atomic E-state index is 13.4. The van der Waals surface area contributed by atoms with Crippen molar-refractivity contribution in [1.29, 1.82) is 0 Å². The fraction of sp³-hybridized carbons (Fsp3) is 0.650. The van der Waals surface area contributed by atoms with Gasteiger partial charge in [0.05, 0.1) is 18.1 Å². The number of nitrogens with one attached hydrogen (secondary N) is 1. The number of hydrogen-bond donors (Lipinski definition) is 2. The molecule has 2 fully saturated rings. The monoisotopic (exact) mass is 346 g/mol. The van der Waals surface area contributed by atoms with Gasteiger partial charge in [-0.3, -0.25) is 4.79 Å². The summed E-state index contributed by atoms with van der Waals surface area (Å²) in [5.74, 6) is 0.221. The highest BCUT2D eigenvalue weighted by molar-refractivity contribution is 5.83. The normalized spacial score (nSPS) is 24.2. The third-order valence-electron chi connectivity index (χ3n) is 5.75. The van der Waals surface area contributed by atoms with Gasteiger partial charge < -0.3 is 20.1 Å². The highest BCUT2D eigenvalue weighted by atomic mass is 16.5. The molecule has 138 valence electrons. The van der Waals surface area contributed by atoms with Crippen LogP contribution in [-0.4, -0.2) is 55.3 Å². The molecule has 0 saturated carbocycles. The Morgan fingerprint density at radius 3 is 2.76 bits per heavy atom. The van der Waals surface area contributed by atoms with Crippen molar-refractivity contribution in [2.45, 2.75) is 44.2 Å². The summed E-state index contributed by atoms with van der Waals surface area (Å²) in [6.07, 6.45) is 3.72. The minimum absolute atomic E-state index is 0.117. The zero-order chi connectivity index (χ0) is 17.7. The number of nitrogens with zero attached hydrogens (tertiary/aromatic N) is 1. The van der Waals surface area contributed by atoms with E-state index in [2.05, 4.69) is 5.32 Å². The van der Waals surface area contributed by atoms with Crippen LogP contribution in [-0.2, 0) is 9.53 Å². The first-order chi connectivity index (χ1) is 12.2. The molecule has 0 aliphatic carbocycles. The predicted molar refractivity (Wildman–Crippen MR) is 97.2 cm³/mol. The minimum Gasteiger partial charge on any atom is -0.388 e. The molecule has 0 aromatic heterocycles. The predicted octanol–water partition coefficient (Wildman–Crippen LogP) is 2.12. The van der Waals surface area contributed by atoms with Gasteiger partial charge in [-0.1, -0.05) is 30.3 Å². The molecule has 2 unspecified atom stereocenters. The van der Waals surface area contributed by atoms with E-state index in [9.17, 15) is 9.90 Å². The number of ether oxygens (including phenoxy) is 1. The largest absolute Gasteiger partial charge is 0.388 e. The Morgan fingerprint density at radius 1 is 1.36 bits per heavy atom. The van der Waals surface area contributed by atoms with Crippen molar-refractivity contribution in [3.05, 3.63) is 35.9 Å². The van der Waals surface area contributed by atoms with Crippen LogP contribution < -0.4 is 5.32 Å². The topological polar surface area (TPSA) is 61.8 Å². The van der Waals surface area contributed by atoms with Crippen LogP contribution >= 0.6 is 0 Å². The van der Waals surface area contributed by atoms with E-state index >= 15 is 0 Å². The highest BCUT2D eigenvalue weighted by Crippen LogP contribution is 2.36. The van der Waals surface area contributed by atoms with Crippen LogP contribution in [0, 0.1) is 5.41 Å². The number of likely N-dealkylation sites (tertiary alicyclic amines) is 1.